The molecule has 8 heteroatoms. The lowest BCUT2D eigenvalue weighted by Crippen LogP contribution is -2.32. The van der Waals surface area contributed by atoms with Gasteiger partial charge in [-0.1, -0.05) is 30.3 Å². The molecule has 5 rings (SSSR count). The third-order valence-corrected chi connectivity index (χ3v) is 7.50. The average Bonchev–Trinajstić information content (AvgIpc) is 3.02. The van der Waals surface area contributed by atoms with E-state index in [1.54, 1.807) is 44.6 Å². The number of ether oxygens (including phenoxy) is 4. The highest BCUT2D eigenvalue weighted by molar-refractivity contribution is 5.96. The summed E-state index contributed by atoms with van der Waals surface area (Å²) in [7, 11) is 4.54. The molecule has 1 aliphatic heterocycles. The van der Waals surface area contributed by atoms with Crippen LogP contribution in [0.1, 0.15) is 52.6 Å². The van der Waals surface area contributed by atoms with Gasteiger partial charge in [0.05, 0.1) is 43.7 Å². The molecule has 0 fully saturated rings. The van der Waals surface area contributed by atoms with Crippen LogP contribution in [0.4, 0.5) is 11.4 Å². The van der Waals surface area contributed by atoms with Gasteiger partial charge in [-0.25, -0.2) is 9.59 Å². The van der Waals surface area contributed by atoms with Crippen molar-refractivity contribution in [2.75, 3.05) is 32.0 Å². The number of nitrogens with one attached hydrogen (secondary N) is 2. The van der Waals surface area contributed by atoms with Crippen LogP contribution < -0.4 is 24.8 Å². The van der Waals surface area contributed by atoms with E-state index in [0.717, 1.165) is 39.4 Å². The quantitative estimate of drug-likeness (QED) is 0.152. The Kier molecular flexibility index (Phi) is 8.62. The van der Waals surface area contributed by atoms with E-state index in [9.17, 15) is 9.59 Å². The molecule has 4 aromatic rings. The number of rotatable bonds is 9. The van der Waals surface area contributed by atoms with Crippen LogP contribution >= 0.6 is 0 Å². The van der Waals surface area contributed by atoms with Crippen molar-refractivity contribution >= 4 is 28.9 Å². The number of allylic oxidation sites excluding steroid dienone is 1. The second-order valence-electron chi connectivity index (χ2n) is 11.1. The van der Waals surface area contributed by atoms with E-state index in [1.165, 1.54) is 18.7 Å². The van der Waals surface area contributed by atoms with Crippen LogP contribution in [0.25, 0.3) is 16.7 Å². The average molecular weight is 593 g/mol. The summed E-state index contributed by atoms with van der Waals surface area (Å²) in [4.78, 5) is 24.9. The van der Waals surface area contributed by atoms with Crippen LogP contribution in [0.2, 0.25) is 0 Å². The van der Waals surface area contributed by atoms with E-state index >= 15 is 0 Å². The van der Waals surface area contributed by atoms with Gasteiger partial charge in [0, 0.05) is 29.4 Å². The summed E-state index contributed by atoms with van der Waals surface area (Å²) in [6.45, 7) is 6.94. The molecule has 226 valence electrons. The zero-order chi connectivity index (χ0) is 31.4. The van der Waals surface area contributed by atoms with Crippen molar-refractivity contribution in [1.29, 1.82) is 0 Å². The molecule has 1 heterocycles. The molecule has 0 spiro atoms. The number of para-hydroxylation sites is 2. The molecule has 1 aliphatic rings. The van der Waals surface area contributed by atoms with Crippen molar-refractivity contribution in [2.45, 2.75) is 32.9 Å². The summed E-state index contributed by atoms with van der Waals surface area (Å²) in [5, 5.41) is 7.22. The van der Waals surface area contributed by atoms with Crippen molar-refractivity contribution < 1.29 is 28.5 Å². The number of benzene rings is 4. The third-order valence-electron chi connectivity index (χ3n) is 7.50. The lowest BCUT2D eigenvalue weighted by molar-refractivity contribution is 0.0600. The van der Waals surface area contributed by atoms with Gasteiger partial charge in [0.2, 0.25) is 0 Å². The smallest absolute Gasteiger partial charge is 0.343 e. The number of fused-ring (bicyclic) bond motifs is 1. The molecule has 8 nitrogen and oxygen atoms in total. The van der Waals surface area contributed by atoms with Gasteiger partial charge in [-0.15, -0.1) is 0 Å². The van der Waals surface area contributed by atoms with Gasteiger partial charge < -0.3 is 29.6 Å². The van der Waals surface area contributed by atoms with Crippen LogP contribution in [0.5, 0.6) is 17.2 Å². The normalized spacial score (nSPS) is 13.1. The van der Waals surface area contributed by atoms with Crippen molar-refractivity contribution in [3.05, 3.63) is 107 Å². The van der Waals surface area contributed by atoms with E-state index in [-0.39, 0.29) is 16.7 Å². The molecule has 0 aromatic heterocycles. The largest absolute Gasteiger partial charge is 0.496 e. The number of anilines is 2. The zero-order valence-electron chi connectivity index (χ0n) is 25.7. The molecule has 0 aliphatic carbocycles. The van der Waals surface area contributed by atoms with Crippen LogP contribution in [0.15, 0.2) is 84.9 Å². The number of methoxy groups -OCH3 is 3. The highest BCUT2D eigenvalue weighted by Gasteiger charge is 2.27. The topological polar surface area (TPSA) is 95.1 Å². The SMILES string of the molecule is COC(=O)c1cccc(C(=O)Oc2ccc(-c3ccc4c(c3CNc3ccccc3OC)C(C)=CC(C)(C)N4)c(OC)c2)c1. The number of esters is 2. The van der Waals surface area contributed by atoms with E-state index in [0.29, 0.717) is 18.0 Å². The molecule has 2 N–H and O–H groups in total. The highest BCUT2D eigenvalue weighted by Crippen LogP contribution is 2.43. The standard InChI is InChI=1S/C36H36N2O6/c1-22-20-36(2,3)38-30-17-16-26(28(33(22)30)21-37-29-12-7-8-13-31(29)41-4)27-15-14-25(19-32(27)42-5)44-35(40)24-11-9-10-23(18-24)34(39)43-6/h7-20,37-38H,21H2,1-6H3. The third kappa shape index (κ3) is 6.24. The first-order valence-corrected chi connectivity index (χ1v) is 14.2. The summed E-state index contributed by atoms with van der Waals surface area (Å²) < 4.78 is 21.8. The fourth-order valence-corrected chi connectivity index (χ4v) is 5.62. The van der Waals surface area contributed by atoms with Crippen molar-refractivity contribution in [2.24, 2.45) is 0 Å². The number of hydrogen-bond donors (Lipinski definition) is 2. The molecule has 0 saturated heterocycles. The Balaban J connectivity index is 1.52. The summed E-state index contributed by atoms with van der Waals surface area (Å²) in [6.07, 6.45) is 2.24. The molecule has 44 heavy (non-hydrogen) atoms. The summed E-state index contributed by atoms with van der Waals surface area (Å²) >= 11 is 0. The molecular formula is C36H36N2O6. The first-order chi connectivity index (χ1) is 21.1. The molecular weight excluding hydrogens is 556 g/mol. The molecule has 0 unspecified atom stereocenters. The van der Waals surface area contributed by atoms with Gasteiger partial charge in [0.25, 0.3) is 0 Å². The second kappa shape index (κ2) is 12.6. The summed E-state index contributed by atoms with van der Waals surface area (Å²) in [5.41, 5.74) is 7.42. The van der Waals surface area contributed by atoms with Gasteiger partial charge in [-0.3, -0.25) is 0 Å². The minimum Gasteiger partial charge on any atom is -0.496 e. The fraction of sp³-hybridized carbons (Fsp3) is 0.222. The van der Waals surface area contributed by atoms with Crippen LogP contribution in [0.3, 0.4) is 0 Å². The Hall–Kier alpha value is -5.24. The lowest BCUT2D eigenvalue weighted by atomic mass is 9.85. The van der Waals surface area contributed by atoms with Gasteiger partial charge in [-0.05, 0) is 86.0 Å². The first kappa shape index (κ1) is 30.2. The van der Waals surface area contributed by atoms with Crippen LogP contribution in [0, 0.1) is 0 Å². The highest BCUT2D eigenvalue weighted by atomic mass is 16.5. The molecule has 0 amide bonds. The second-order valence-corrected chi connectivity index (χ2v) is 11.1. The number of carbonyl (C=O) groups excluding carboxylic acids is 2. The minimum absolute atomic E-state index is 0.189. The molecule has 0 saturated carbocycles. The lowest BCUT2D eigenvalue weighted by Gasteiger charge is -2.33. The first-order valence-electron chi connectivity index (χ1n) is 14.2. The van der Waals surface area contributed by atoms with Gasteiger partial charge >= 0.3 is 11.9 Å². The Bertz CT molecular complexity index is 1760. The Morgan fingerprint density at radius 1 is 0.795 bits per heavy atom. The fourth-order valence-electron chi connectivity index (χ4n) is 5.62. The maximum atomic E-state index is 13.0. The monoisotopic (exact) mass is 592 g/mol. The number of carbonyl (C=O) groups is 2. The van der Waals surface area contributed by atoms with Gasteiger partial charge in [0.1, 0.15) is 17.2 Å². The zero-order valence-corrected chi connectivity index (χ0v) is 25.7. The minimum atomic E-state index is -0.601. The van der Waals surface area contributed by atoms with E-state index in [4.69, 9.17) is 18.9 Å². The van der Waals surface area contributed by atoms with E-state index < -0.39 is 11.9 Å². The summed E-state index contributed by atoms with van der Waals surface area (Å²) in [5.74, 6) is 0.477. The van der Waals surface area contributed by atoms with Gasteiger partial charge in [0.15, 0.2) is 0 Å². The van der Waals surface area contributed by atoms with Crippen molar-refractivity contribution in [3.8, 4) is 28.4 Å². The van der Waals surface area contributed by atoms with Gasteiger partial charge in [-0.2, -0.15) is 0 Å². The Labute approximate surface area is 257 Å². The molecule has 0 atom stereocenters. The predicted octanol–water partition coefficient (Wildman–Crippen LogP) is 7.60. The van der Waals surface area contributed by atoms with Crippen LogP contribution in [-0.2, 0) is 11.3 Å². The Morgan fingerprint density at radius 2 is 1.50 bits per heavy atom. The predicted molar refractivity (Wildman–Crippen MR) is 173 cm³/mol. The van der Waals surface area contributed by atoms with Crippen molar-refractivity contribution in [1.82, 2.24) is 0 Å². The van der Waals surface area contributed by atoms with Crippen molar-refractivity contribution in [3.63, 3.8) is 0 Å². The van der Waals surface area contributed by atoms with Crippen LogP contribution in [-0.4, -0.2) is 38.8 Å². The molecule has 0 radical (unpaired) electrons. The van der Waals surface area contributed by atoms with E-state index in [2.05, 4.69) is 49.6 Å². The Morgan fingerprint density at radius 3 is 2.23 bits per heavy atom. The molecule has 0 bridgehead atoms. The van der Waals surface area contributed by atoms with E-state index in [1.807, 2.05) is 30.3 Å². The summed E-state index contributed by atoms with van der Waals surface area (Å²) in [6, 6.07) is 23.5. The molecule has 4 aromatic carbocycles. The number of hydrogen-bond acceptors (Lipinski definition) is 8. The maximum absolute atomic E-state index is 13.0. The maximum Gasteiger partial charge on any atom is 0.343 e.